The lowest BCUT2D eigenvalue weighted by molar-refractivity contribution is -0.141. The first-order valence-electron chi connectivity index (χ1n) is 9.07. The van der Waals surface area contributed by atoms with Crippen molar-refractivity contribution in [2.75, 3.05) is 13.2 Å². The second kappa shape index (κ2) is 10.0. The molecule has 0 bridgehead atoms. The molecule has 30 heavy (non-hydrogen) atoms. The number of hydrogen-bond donors (Lipinski definition) is 2. The number of hydrogen-bond acceptors (Lipinski definition) is 6. The SMILES string of the molecule is CCOC(=O)CN=C1CCCC(NS(=O)(=O)c2cc(Br)cc(C(F)(F)F)c2)C1C=N. The van der Waals surface area contributed by atoms with Crippen molar-refractivity contribution in [3.63, 3.8) is 0 Å². The van der Waals surface area contributed by atoms with E-state index in [1.165, 1.54) is 0 Å². The van der Waals surface area contributed by atoms with Crippen LogP contribution in [-0.4, -0.2) is 45.5 Å². The van der Waals surface area contributed by atoms with Gasteiger partial charge in [-0.05, 0) is 44.4 Å². The van der Waals surface area contributed by atoms with Crippen molar-refractivity contribution in [2.45, 2.75) is 43.3 Å². The predicted octanol–water partition coefficient (Wildman–Crippen LogP) is 3.57. The Labute approximate surface area is 180 Å². The molecule has 0 heterocycles. The number of benzene rings is 1. The summed E-state index contributed by atoms with van der Waals surface area (Å²) in [5.41, 5.74) is -0.622. The van der Waals surface area contributed by atoms with Gasteiger partial charge in [-0.1, -0.05) is 15.9 Å². The van der Waals surface area contributed by atoms with E-state index in [1.807, 2.05) is 0 Å². The molecule has 1 fully saturated rings. The van der Waals surface area contributed by atoms with Crippen molar-refractivity contribution >= 4 is 43.8 Å². The molecule has 0 aliphatic heterocycles. The number of ether oxygens (including phenoxy) is 1. The smallest absolute Gasteiger partial charge is 0.416 e. The van der Waals surface area contributed by atoms with Gasteiger partial charge in [-0.3, -0.25) is 9.79 Å². The van der Waals surface area contributed by atoms with E-state index in [4.69, 9.17) is 10.1 Å². The number of sulfonamides is 1. The zero-order valence-corrected chi connectivity index (χ0v) is 18.4. The van der Waals surface area contributed by atoms with E-state index in [9.17, 15) is 26.4 Å². The molecular weight excluding hydrogens is 491 g/mol. The Hall–Kier alpha value is -1.79. The Morgan fingerprint density at radius 3 is 2.70 bits per heavy atom. The number of nitrogens with one attached hydrogen (secondary N) is 2. The summed E-state index contributed by atoms with van der Waals surface area (Å²) in [5.74, 6) is -1.25. The molecule has 0 amide bonds. The summed E-state index contributed by atoms with van der Waals surface area (Å²) in [4.78, 5) is 15.2. The zero-order valence-electron chi connectivity index (χ0n) is 16.0. The molecule has 1 aliphatic carbocycles. The highest BCUT2D eigenvalue weighted by molar-refractivity contribution is 9.10. The molecule has 2 N–H and O–H groups in total. The number of halogens is 4. The lowest BCUT2D eigenvalue weighted by Crippen LogP contribution is -2.46. The van der Waals surface area contributed by atoms with Crippen LogP contribution in [0.15, 0.2) is 32.6 Å². The minimum atomic E-state index is -4.71. The molecule has 166 valence electrons. The van der Waals surface area contributed by atoms with Gasteiger partial charge in [-0.15, -0.1) is 0 Å². The zero-order chi connectivity index (χ0) is 22.5. The Morgan fingerprint density at radius 2 is 2.10 bits per heavy atom. The van der Waals surface area contributed by atoms with E-state index in [2.05, 4.69) is 25.6 Å². The molecule has 1 aromatic rings. The van der Waals surface area contributed by atoms with Crippen LogP contribution in [0.2, 0.25) is 0 Å². The summed E-state index contributed by atoms with van der Waals surface area (Å²) >= 11 is 2.91. The summed E-state index contributed by atoms with van der Waals surface area (Å²) in [6.45, 7) is 1.61. The maximum absolute atomic E-state index is 13.0. The first-order valence-corrected chi connectivity index (χ1v) is 11.3. The van der Waals surface area contributed by atoms with E-state index in [-0.39, 0.29) is 17.6 Å². The van der Waals surface area contributed by atoms with Gasteiger partial charge >= 0.3 is 12.1 Å². The van der Waals surface area contributed by atoms with Crippen LogP contribution < -0.4 is 4.72 Å². The van der Waals surface area contributed by atoms with Crippen molar-refractivity contribution in [3.8, 4) is 0 Å². The molecule has 1 aromatic carbocycles. The first kappa shape index (κ1) is 24.5. The van der Waals surface area contributed by atoms with Crippen LogP contribution in [0.1, 0.15) is 31.7 Å². The van der Waals surface area contributed by atoms with Crippen LogP contribution in [0.25, 0.3) is 0 Å². The molecule has 2 rings (SSSR count). The van der Waals surface area contributed by atoms with Crippen LogP contribution in [0, 0.1) is 11.3 Å². The number of carbonyl (C=O) groups excluding carboxylic acids is 1. The van der Waals surface area contributed by atoms with Crippen LogP contribution in [-0.2, 0) is 25.7 Å². The standard InChI is InChI=1S/C18H21BrF3N3O4S/c1-2-29-17(26)10-24-15-4-3-5-16(14(15)9-23)25-30(27,28)13-7-11(18(20,21)22)6-12(19)8-13/h6-9,14,16,23,25H,2-5,10H2,1H3. The summed E-state index contributed by atoms with van der Waals surface area (Å²) < 4.78 is 71.8. The number of aliphatic imine (C=N–C) groups is 1. The summed E-state index contributed by atoms with van der Waals surface area (Å²) in [7, 11) is -4.30. The van der Waals surface area contributed by atoms with Gasteiger partial charge in [0.15, 0.2) is 0 Å². The van der Waals surface area contributed by atoms with E-state index < -0.39 is 44.6 Å². The maximum Gasteiger partial charge on any atom is 0.416 e. The topological polar surface area (TPSA) is 109 Å². The summed E-state index contributed by atoms with van der Waals surface area (Å²) in [5, 5.41) is 7.67. The fourth-order valence-corrected chi connectivity index (χ4v) is 5.14. The molecule has 2 atom stereocenters. The number of carbonyl (C=O) groups is 1. The van der Waals surface area contributed by atoms with Crippen LogP contribution >= 0.6 is 15.9 Å². The minimum Gasteiger partial charge on any atom is -0.465 e. The second-order valence-corrected chi connectivity index (χ2v) is 9.23. The fraction of sp³-hybridized carbons (Fsp3) is 0.500. The van der Waals surface area contributed by atoms with Gasteiger partial charge in [0.2, 0.25) is 10.0 Å². The molecule has 1 aliphatic rings. The quantitative estimate of drug-likeness (QED) is 0.430. The normalized spacial score (nSPS) is 21.4. The van der Waals surface area contributed by atoms with Crippen molar-refractivity contribution in [1.29, 1.82) is 5.41 Å². The maximum atomic E-state index is 13.0. The molecule has 0 saturated heterocycles. The van der Waals surface area contributed by atoms with Crippen LogP contribution in [0.3, 0.4) is 0 Å². The number of alkyl halides is 3. The van der Waals surface area contributed by atoms with Crippen molar-refractivity contribution in [2.24, 2.45) is 10.9 Å². The fourth-order valence-electron chi connectivity index (χ4n) is 3.13. The van der Waals surface area contributed by atoms with E-state index in [1.54, 1.807) is 6.92 Å². The molecule has 0 radical (unpaired) electrons. The second-order valence-electron chi connectivity index (χ2n) is 6.60. The van der Waals surface area contributed by atoms with Gasteiger partial charge in [0.25, 0.3) is 0 Å². The van der Waals surface area contributed by atoms with Gasteiger partial charge in [0.05, 0.1) is 17.1 Å². The predicted molar refractivity (Wildman–Crippen MR) is 108 cm³/mol. The molecule has 1 saturated carbocycles. The minimum absolute atomic E-state index is 0.0263. The van der Waals surface area contributed by atoms with Crippen molar-refractivity contribution in [3.05, 3.63) is 28.2 Å². The highest BCUT2D eigenvalue weighted by Crippen LogP contribution is 2.33. The summed E-state index contributed by atoms with van der Waals surface area (Å²) in [6, 6.07) is 1.66. The number of esters is 1. The molecule has 2 unspecified atom stereocenters. The molecule has 7 nitrogen and oxygen atoms in total. The van der Waals surface area contributed by atoms with Crippen molar-refractivity contribution < 1.29 is 31.1 Å². The molecule has 0 spiro atoms. The Balaban J connectivity index is 2.27. The van der Waals surface area contributed by atoms with E-state index in [0.717, 1.165) is 18.3 Å². The van der Waals surface area contributed by atoms with Crippen molar-refractivity contribution in [1.82, 2.24) is 4.72 Å². The lowest BCUT2D eigenvalue weighted by atomic mass is 9.84. The average Bonchev–Trinajstić information content (AvgIpc) is 2.65. The third-order valence-corrected chi connectivity index (χ3v) is 6.41. The number of rotatable bonds is 7. The summed E-state index contributed by atoms with van der Waals surface area (Å²) in [6.07, 6.45) is -2.28. The Morgan fingerprint density at radius 1 is 1.40 bits per heavy atom. The highest BCUT2D eigenvalue weighted by atomic mass is 79.9. The van der Waals surface area contributed by atoms with Crippen LogP contribution in [0.5, 0.6) is 0 Å². The average molecular weight is 512 g/mol. The van der Waals surface area contributed by atoms with Gasteiger partial charge in [-0.25, -0.2) is 13.1 Å². The molecular formula is C18H21BrF3N3O4S. The van der Waals surface area contributed by atoms with Gasteiger partial charge in [0, 0.05) is 28.4 Å². The van der Waals surface area contributed by atoms with Gasteiger partial charge in [0.1, 0.15) is 6.54 Å². The van der Waals surface area contributed by atoms with E-state index in [0.29, 0.717) is 31.0 Å². The lowest BCUT2D eigenvalue weighted by Gasteiger charge is -2.30. The molecule has 12 heteroatoms. The largest absolute Gasteiger partial charge is 0.465 e. The van der Waals surface area contributed by atoms with E-state index >= 15 is 0 Å². The first-order chi connectivity index (χ1) is 14.0. The van der Waals surface area contributed by atoms with Gasteiger partial charge in [-0.2, -0.15) is 13.2 Å². The number of nitrogens with zero attached hydrogens (tertiary/aromatic N) is 1. The monoisotopic (exact) mass is 511 g/mol. The molecule has 0 aromatic heterocycles. The third kappa shape index (κ3) is 6.35. The third-order valence-electron chi connectivity index (χ3n) is 4.48. The van der Waals surface area contributed by atoms with Gasteiger partial charge < -0.3 is 10.1 Å². The Kier molecular flexibility index (Phi) is 8.17. The van der Waals surface area contributed by atoms with Crippen LogP contribution in [0.4, 0.5) is 13.2 Å². The highest BCUT2D eigenvalue weighted by Gasteiger charge is 2.35. The Bertz CT molecular complexity index is 935.